The summed E-state index contributed by atoms with van der Waals surface area (Å²) in [5.41, 5.74) is 1.86. The Kier molecular flexibility index (Phi) is 4.76. The zero-order valence-electron chi connectivity index (χ0n) is 17.1. The van der Waals surface area contributed by atoms with Crippen LogP contribution in [0.3, 0.4) is 0 Å². The molecule has 0 saturated carbocycles. The molecule has 0 aromatic heterocycles. The number of benzene rings is 1. The molecule has 29 heavy (non-hydrogen) atoms. The third kappa shape index (κ3) is 2.66. The molecule has 8 heteroatoms. The molecule has 0 bridgehead atoms. The lowest BCUT2D eigenvalue weighted by atomic mass is 9.75. The predicted octanol–water partition coefficient (Wildman–Crippen LogP) is 0.441. The van der Waals surface area contributed by atoms with Crippen LogP contribution in [-0.4, -0.2) is 60.1 Å². The Morgan fingerprint density at radius 3 is 2.62 bits per heavy atom. The second-order valence-electron chi connectivity index (χ2n) is 8.36. The van der Waals surface area contributed by atoms with E-state index in [1.54, 1.807) is 14.0 Å². The number of methoxy groups -OCH3 is 1. The fourth-order valence-corrected chi connectivity index (χ4v) is 5.25. The molecule has 156 valence electrons. The minimum Gasteiger partial charge on any atom is -0.392 e. The van der Waals surface area contributed by atoms with Crippen molar-refractivity contribution < 1.29 is 24.2 Å². The minimum absolute atomic E-state index is 0.239. The average Bonchev–Trinajstić information content (AvgIpc) is 3.24. The molecule has 5 atom stereocenters. The van der Waals surface area contributed by atoms with Gasteiger partial charge < -0.3 is 15.2 Å². The number of ether oxygens (including phenoxy) is 1. The van der Waals surface area contributed by atoms with E-state index in [2.05, 4.69) is 10.6 Å². The lowest BCUT2D eigenvalue weighted by Gasteiger charge is -2.30. The lowest BCUT2D eigenvalue weighted by molar-refractivity contribution is -0.143. The number of aliphatic hydroxyl groups excluding tert-OH is 1. The van der Waals surface area contributed by atoms with Gasteiger partial charge in [-0.1, -0.05) is 17.7 Å². The number of likely N-dealkylation sites (tertiary alicyclic amines) is 1. The van der Waals surface area contributed by atoms with Crippen LogP contribution in [0.1, 0.15) is 30.0 Å². The van der Waals surface area contributed by atoms with Crippen LogP contribution in [-0.2, 0) is 24.7 Å². The number of carbonyl (C=O) groups is 3. The SMILES string of the molecule is COCCCN1C(=O)[C@@H]2[C@@H]([C@H](C)O)N[C@@]3(C(=O)Nc4c(C)cc(C)cc43)[C@@H]2C1=O. The number of aliphatic hydroxyl groups is 1. The highest BCUT2D eigenvalue weighted by Crippen LogP contribution is 2.54. The van der Waals surface area contributed by atoms with Crippen LogP contribution >= 0.6 is 0 Å². The van der Waals surface area contributed by atoms with E-state index in [0.29, 0.717) is 24.3 Å². The number of hydrogen-bond donors (Lipinski definition) is 3. The van der Waals surface area contributed by atoms with Crippen molar-refractivity contribution in [2.75, 3.05) is 25.6 Å². The highest BCUT2D eigenvalue weighted by Gasteiger charge is 2.71. The number of anilines is 1. The highest BCUT2D eigenvalue weighted by atomic mass is 16.5. The molecule has 3 amide bonds. The fraction of sp³-hybridized carbons (Fsp3) is 0.571. The summed E-state index contributed by atoms with van der Waals surface area (Å²) in [5, 5.41) is 16.5. The van der Waals surface area contributed by atoms with E-state index >= 15 is 0 Å². The zero-order valence-corrected chi connectivity index (χ0v) is 17.1. The van der Waals surface area contributed by atoms with Gasteiger partial charge in [0.2, 0.25) is 17.7 Å². The van der Waals surface area contributed by atoms with E-state index < -0.39 is 29.5 Å². The van der Waals surface area contributed by atoms with Gasteiger partial charge in [-0.2, -0.15) is 0 Å². The maximum atomic E-state index is 13.4. The summed E-state index contributed by atoms with van der Waals surface area (Å²) in [5.74, 6) is -2.73. The van der Waals surface area contributed by atoms with E-state index in [-0.39, 0.29) is 24.3 Å². The molecule has 2 saturated heterocycles. The summed E-state index contributed by atoms with van der Waals surface area (Å²) in [7, 11) is 1.56. The summed E-state index contributed by atoms with van der Waals surface area (Å²) in [6.07, 6.45) is -0.380. The van der Waals surface area contributed by atoms with Crippen LogP contribution in [0.4, 0.5) is 5.69 Å². The molecular formula is C21H27N3O5. The molecule has 3 heterocycles. The largest absolute Gasteiger partial charge is 0.392 e. The molecule has 1 aromatic carbocycles. The predicted molar refractivity (Wildman–Crippen MR) is 105 cm³/mol. The Morgan fingerprint density at radius 1 is 1.24 bits per heavy atom. The van der Waals surface area contributed by atoms with Crippen LogP contribution in [0.2, 0.25) is 0 Å². The number of fused-ring (bicyclic) bond motifs is 4. The summed E-state index contributed by atoms with van der Waals surface area (Å²) in [6.45, 7) is 6.08. The number of imide groups is 1. The molecule has 4 rings (SSSR count). The van der Waals surface area contributed by atoms with Gasteiger partial charge in [0, 0.05) is 37.6 Å². The molecule has 3 aliphatic heterocycles. The topological polar surface area (TPSA) is 108 Å². The second kappa shape index (κ2) is 6.90. The van der Waals surface area contributed by atoms with Crippen molar-refractivity contribution in [1.82, 2.24) is 10.2 Å². The van der Waals surface area contributed by atoms with Crippen molar-refractivity contribution in [3.63, 3.8) is 0 Å². The van der Waals surface area contributed by atoms with Gasteiger partial charge in [-0.3, -0.25) is 24.6 Å². The highest BCUT2D eigenvalue weighted by molar-refractivity contribution is 6.15. The number of carbonyl (C=O) groups excluding carboxylic acids is 3. The van der Waals surface area contributed by atoms with Crippen molar-refractivity contribution in [1.29, 1.82) is 0 Å². The lowest BCUT2D eigenvalue weighted by Crippen LogP contribution is -2.54. The van der Waals surface area contributed by atoms with Gasteiger partial charge in [-0.05, 0) is 32.8 Å². The third-order valence-electron chi connectivity index (χ3n) is 6.44. The number of amides is 3. The van der Waals surface area contributed by atoms with E-state index in [1.165, 1.54) is 4.90 Å². The van der Waals surface area contributed by atoms with Crippen molar-refractivity contribution in [3.05, 3.63) is 28.8 Å². The van der Waals surface area contributed by atoms with E-state index in [1.807, 2.05) is 26.0 Å². The monoisotopic (exact) mass is 401 g/mol. The van der Waals surface area contributed by atoms with Gasteiger partial charge in [0.05, 0.1) is 17.9 Å². The summed E-state index contributed by atoms with van der Waals surface area (Å²) in [4.78, 5) is 41.1. The summed E-state index contributed by atoms with van der Waals surface area (Å²) >= 11 is 0. The molecule has 8 nitrogen and oxygen atoms in total. The van der Waals surface area contributed by atoms with Crippen LogP contribution in [0.5, 0.6) is 0 Å². The standard InChI is InChI=1S/C21H27N3O5/c1-10-8-11(2)16-13(9-10)21(20(28)22-16)15-14(17(23-21)12(3)25)18(26)24(19(15)27)6-5-7-29-4/h8-9,12,14-15,17,23,25H,5-7H2,1-4H3,(H,22,28)/t12-,14-,15-,17+,21+/m0/s1. The van der Waals surface area contributed by atoms with Gasteiger partial charge in [0.1, 0.15) is 5.54 Å². The Hall–Kier alpha value is -2.29. The van der Waals surface area contributed by atoms with Crippen molar-refractivity contribution in [2.24, 2.45) is 11.8 Å². The second-order valence-corrected chi connectivity index (χ2v) is 8.36. The normalized spacial score (nSPS) is 31.4. The Labute approximate surface area is 169 Å². The smallest absolute Gasteiger partial charge is 0.250 e. The van der Waals surface area contributed by atoms with Crippen LogP contribution < -0.4 is 10.6 Å². The van der Waals surface area contributed by atoms with Crippen molar-refractivity contribution >= 4 is 23.4 Å². The first kappa shape index (κ1) is 20.0. The maximum absolute atomic E-state index is 13.4. The Balaban J connectivity index is 1.84. The number of nitrogens with zero attached hydrogens (tertiary/aromatic N) is 1. The molecule has 1 spiro atoms. The average molecular weight is 401 g/mol. The molecule has 0 radical (unpaired) electrons. The van der Waals surface area contributed by atoms with Gasteiger partial charge in [0.15, 0.2) is 0 Å². The van der Waals surface area contributed by atoms with Gasteiger partial charge in [-0.25, -0.2) is 0 Å². The van der Waals surface area contributed by atoms with Crippen molar-refractivity contribution in [2.45, 2.75) is 44.9 Å². The van der Waals surface area contributed by atoms with Gasteiger partial charge in [0.25, 0.3) is 0 Å². The molecule has 0 aliphatic carbocycles. The first-order chi connectivity index (χ1) is 13.7. The maximum Gasteiger partial charge on any atom is 0.250 e. The molecule has 2 fully saturated rings. The van der Waals surface area contributed by atoms with Crippen molar-refractivity contribution in [3.8, 4) is 0 Å². The fourth-order valence-electron chi connectivity index (χ4n) is 5.25. The number of aryl methyl sites for hydroxylation is 2. The Morgan fingerprint density at radius 2 is 1.97 bits per heavy atom. The molecule has 0 unspecified atom stereocenters. The van der Waals surface area contributed by atoms with Crippen LogP contribution in [0.15, 0.2) is 12.1 Å². The third-order valence-corrected chi connectivity index (χ3v) is 6.44. The molecule has 3 N–H and O–H groups in total. The molecule has 1 aromatic rings. The molecular weight excluding hydrogens is 374 g/mol. The first-order valence-electron chi connectivity index (χ1n) is 9.97. The van der Waals surface area contributed by atoms with Gasteiger partial charge in [-0.15, -0.1) is 0 Å². The first-order valence-corrected chi connectivity index (χ1v) is 9.97. The van der Waals surface area contributed by atoms with E-state index in [0.717, 1.165) is 11.1 Å². The Bertz CT molecular complexity index is 899. The zero-order chi connectivity index (χ0) is 21.1. The van der Waals surface area contributed by atoms with E-state index in [4.69, 9.17) is 4.74 Å². The number of nitrogens with one attached hydrogen (secondary N) is 2. The van der Waals surface area contributed by atoms with E-state index in [9.17, 15) is 19.5 Å². The molecule has 3 aliphatic rings. The summed E-state index contributed by atoms with van der Waals surface area (Å²) in [6, 6.07) is 3.16. The number of hydrogen-bond acceptors (Lipinski definition) is 6. The van der Waals surface area contributed by atoms with Crippen LogP contribution in [0.25, 0.3) is 0 Å². The van der Waals surface area contributed by atoms with Crippen LogP contribution in [0, 0.1) is 25.7 Å². The van der Waals surface area contributed by atoms with Gasteiger partial charge >= 0.3 is 0 Å². The quantitative estimate of drug-likeness (QED) is 0.488. The number of rotatable bonds is 5. The summed E-state index contributed by atoms with van der Waals surface area (Å²) < 4.78 is 5.04. The minimum atomic E-state index is -1.36.